The van der Waals surface area contributed by atoms with Crippen molar-refractivity contribution >= 4 is 41.1 Å². The van der Waals surface area contributed by atoms with Gasteiger partial charge in [-0.3, -0.25) is 19.3 Å². The number of halogens is 3. The van der Waals surface area contributed by atoms with E-state index in [1.807, 2.05) is 54.3 Å². The summed E-state index contributed by atoms with van der Waals surface area (Å²) in [6, 6.07) is 13.7. The Morgan fingerprint density at radius 2 is 1.65 bits per heavy atom. The van der Waals surface area contributed by atoms with Gasteiger partial charge in [-0.15, -0.1) is 10.1 Å². The highest BCUT2D eigenvalue weighted by Gasteiger charge is 2.50. The summed E-state index contributed by atoms with van der Waals surface area (Å²) < 4.78 is 49.6. The number of carbonyl (C=O) groups excluding carboxylic acids is 4. The van der Waals surface area contributed by atoms with E-state index in [0.717, 1.165) is 52.8 Å². The molecule has 2 heterocycles. The van der Waals surface area contributed by atoms with Crippen LogP contribution < -0.4 is 14.8 Å². The molecule has 0 spiro atoms. The van der Waals surface area contributed by atoms with Gasteiger partial charge in [0.2, 0.25) is 5.91 Å². The van der Waals surface area contributed by atoms with Gasteiger partial charge < -0.3 is 34.0 Å². The molecule has 1 saturated carbocycles. The maximum Gasteiger partial charge on any atom is 0.410 e. The van der Waals surface area contributed by atoms with Gasteiger partial charge in [0.1, 0.15) is 23.1 Å². The third-order valence-corrected chi connectivity index (χ3v) is 11.9. The van der Waals surface area contributed by atoms with Gasteiger partial charge in [0.05, 0.1) is 40.1 Å². The lowest BCUT2D eigenvalue weighted by atomic mass is 9.73. The quantitative estimate of drug-likeness (QED) is 0.0401. The number of hydrogen-bond acceptors (Lipinski definition) is 11. The average Bonchev–Trinajstić information content (AvgIpc) is 4.12. The SMILES string of the molecule is COC(=O)CNC(=O)C1CC2CC(c3ccc(CCCOc4c(F)ccc(F)c4Cl)cc3)=C(C(=O)N(Cc3ccc(OC)c(C)c3)C3CC3)C(C1)N2C(=O)OCCCCO[N+](=O)[O-]. The third kappa shape index (κ3) is 11.7. The summed E-state index contributed by atoms with van der Waals surface area (Å²) in [6.07, 6.45) is 2.93. The minimum Gasteiger partial charge on any atom is -0.496 e. The number of nitrogens with zero attached hydrogens (tertiary/aromatic N) is 3. The Bertz CT molecular complexity index is 2200. The van der Waals surface area contributed by atoms with Crippen LogP contribution in [0.1, 0.15) is 73.6 Å². The van der Waals surface area contributed by atoms with Gasteiger partial charge in [-0.2, -0.15) is 0 Å². The Kier molecular flexibility index (Phi) is 15.8. The number of carbonyl (C=O) groups is 4. The lowest BCUT2D eigenvalue weighted by molar-refractivity contribution is -0.757. The fourth-order valence-corrected chi connectivity index (χ4v) is 8.46. The van der Waals surface area contributed by atoms with Crippen LogP contribution in [0.15, 0.2) is 60.2 Å². The maximum atomic E-state index is 15.3. The number of benzene rings is 3. The van der Waals surface area contributed by atoms with Crippen LogP contribution in [-0.4, -0.2) is 97.5 Å². The molecule has 2 aliphatic heterocycles. The molecule has 1 aliphatic carbocycles. The minimum absolute atomic E-state index is 0.0551. The van der Waals surface area contributed by atoms with E-state index in [-0.39, 0.29) is 76.3 Å². The van der Waals surface area contributed by atoms with Crippen molar-refractivity contribution < 1.29 is 56.8 Å². The molecule has 2 bridgehead atoms. The minimum atomic E-state index is -0.898. The Morgan fingerprint density at radius 1 is 0.937 bits per heavy atom. The number of methoxy groups -OCH3 is 2. The molecule has 18 heteroatoms. The molecule has 1 saturated heterocycles. The van der Waals surface area contributed by atoms with Gasteiger partial charge in [-0.25, -0.2) is 13.6 Å². The van der Waals surface area contributed by atoms with Crippen LogP contribution >= 0.6 is 11.6 Å². The summed E-state index contributed by atoms with van der Waals surface area (Å²) in [6.45, 7) is 1.73. The first-order chi connectivity index (χ1) is 30.3. The van der Waals surface area contributed by atoms with Crippen molar-refractivity contribution in [1.82, 2.24) is 15.1 Å². The van der Waals surface area contributed by atoms with Gasteiger partial charge in [0.25, 0.3) is 11.0 Å². The van der Waals surface area contributed by atoms with E-state index in [4.69, 9.17) is 30.5 Å². The normalized spacial score (nSPS) is 18.0. The highest BCUT2D eigenvalue weighted by molar-refractivity contribution is 6.32. The van der Waals surface area contributed by atoms with Crippen LogP contribution in [0.4, 0.5) is 13.6 Å². The van der Waals surface area contributed by atoms with E-state index in [1.165, 1.54) is 7.11 Å². The third-order valence-electron chi connectivity index (χ3n) is 11.5. The monoisotopic (exact) mass is 896 g/mol. The zero-order chi connectivity index (χ0) is 45.2. The number of unbranched alkanes of at least 4 members (excludes halogenated alkanes) is 1. The fraction of sp³-hybridized carbons (Fsp3) is 0.467. The summed E-state index contributed by atoms with van der Waals surface area (Å²) in [5.74, 6) is -3.16. The highest BCUT2D eigenvalue weighted by Crippen LogP contribution is 2.46. The maximum absolute atomic E-state index is 15.3. The lowest BCUT2D eigenvalue weighted by Crippen LogP contribution is -2.59. The summed E-state index contributed by atoms with van der Waals surface area (Å²) in [5, 5.41) is 11.9. The van der Waals surface area contributed by atoms with E-state index in [9.17, 15) is 33.3 Å². The Morgan fingerprint density at radius 3 is 2.33 bits per heavy atom. The Labute approximate surface area is 368 Å². The first kappa shape index (κ1) is 46.5. The van der Waals surface area contributed by atoms with Crippen molar-refractivity contribution in [2.45, 2.75) is 89.4 Å². The zero-order valence-corrected chi connectivity index (χ0v) is 36.1. The molecule has 1 N–H and O–H groups in total. The molecule has 3 amide bonds. The summed E-state index contributed by atoms with van der Waals surface area (Å²) in [5.41, 5.74) is 4.56. The van der Waals surface area contributed by atoms with Crippen LogP contribution in [0.2, 0.25) is 5.02 Å². The van der Waals surface area contributed by atoms with Gasteiger partial charge in [-0.05, 0) is 111 Å². The topological polar surface area (TPSA) is 176 Å². The first-order valence-electron chi connectivity index (χ1n) is 20.9. The molecule has 15 nitrogen and oxygen atoms in total. The molecule has 2 fully saturated rings. The van der Waals surface area contributed by atoms with Gasteiger partial charge in [0, 0.05) is 30.1 Å². The fourth-order valence-electron chi connectivity index (χ4n) is 8.26. The number of hydrogen-bond donors (Lipinski definition) is 1. The predicted octanol–water partition coefficient (Wildman–Crippen LogP) is 7.16. The number of rotatable bonds is 20. The van der Waals surface area contributed by atoms with Crippen molar-refractivity contribution in [3.8, 4) is 11.5 Å². The van der Waals surface area contributed by atoms with Gasteiger partial charge >= 0.3 is 12.1 Å². The largest absolute Gasteiger partial charge is 0.496 e. The molecule has 3 unspecified atom stereocenters. The zero-order valence-electron chi connectivity index (χ0n) is 35.4. The number of piperidine rings is 1. The summed E-state index contributed by atoms with van der Waals surface area (Å²) in [4.78, 5) is 73.4. The van der Waals surface area contributed by atoms with Crippen LogP contribution in [0, 0.1) is 34.6 Å². The first-order valence-corrected chi connectivity index (χ1v) is 21.3. The van der Waals surface area contributed by atoms with Crippen LogP contribution in [-0.2, 0) is 41.7 Å². The number of fused-ring (bicyclic) bond motifs is 2. The molecule has 63 heavy (non-hydrogen) atoms. The Balaban J connectivity index is 1.32. The molecule has 3 atom stereocenters. The van der Waals surface area contributed by atoms with Crippen LogP contribution in [0.5, 0.6) is 11.5 Å². The number of aryl methyl sites for hydroxylation is 2. The second-order valence-electron chi connectivity index (χ2n) is 15.8. The standard InChI is InChI=1S/C45H51ClF2N4O11/c1-27-21-29(10-17-38(27)59-2)26-50(32-13-14-32)44(55)40-34(30-11-8-28(9-12-30)7-6-19-61-42-36(48)16-15-35(47)41(42)46)24-33-22-31(43(54)49-25-39(53)60-3)23-37(40)51(33)45(56)62-18-4-5-20-63-52(57)58/h8-12,15-17,21,31-33,37H,4-7,13-14,18-20,22-26H2,1-3H3,(H,49,54). The summed E-state index contributed by atoms with van der Waals surface area (Å²) >= 11 is 5.92. The molecular formula is C45H51ClF2N4O11. The molecular weight excluding hydrogens is 846 g/mol. The molecule has 338 valence electrons. The number of nitrogens with one attached hydrogen (secondary N) is 1. The van der Waals surface area contributed by atoms with Gasteiger partial charge in [0.15, 0.2) is 11.6 Å². The van der Waals surface area contributed by atoms with Crippen molar-refractivity contribution in [3.63, 3.8) is 0 Å². The second-order valence-corrected chi connectivity index (χ2v) is 16.2. The van der Waals surface area contributed by atoms with Gasteiger partial charge in [-0.1, -0.05) is 48.0 Å². The summed E-state index contributed by atoms with van der Waals surface area (Å²) in [7, 11) is 2.81. The molecule has 3 aromatic carbocycles. The predicted molar refractivity (Wildman–Crippen MR) is 225 cm³/mol. The van der Waals surface area contributed by atoms with Crippen LogP contribution in [0.3, 0.4) is 0 Å². The van der Waals surface area contributed by atoms with E-state index in [1.54, 1.807) is 12.0 Å². The smallest absolute Gasteiger partial charge is 0.410 e. The van der Waals surface area contributed by atoms with E-state index >= 15 is 4.79 Å². The van der Waals surface area contributed by atoms with Crippen molar-refractivity contribution in [1.29, 1.82) is 0 Å². The van der Waals surface area contributed by atoms with Crippen molar-refractivity contribution in [3.05, 3.63) is 109 Å². The van der Waals surface area contributed by atoms with E-state index in [0.29, 0.717) is 30.6 Å². The van der Waals surface area contributed by atoms with E-state index in [2.05, 4.69) is 10.2 Å². The number of ether oxygens (including phenoxy) is 4. The molecule has 3 aliphatic rings. The number of amides is 3. The molecule has 0 radical (unpaired) electrons. The van der Waals surface area contributed by atoms with Crippen LogP contribution in [0.25, 0.3) is 5.57 Å². The number of esters is 1. The second kappa shape index (κ2) is 21.4. The molecule has 3 aromatic rings. The highest BCUT2D eigenvalue weighted by atomic mass is 35.5. The Hall–Kier alpha value is -5.97. The molecule has 6 rings (SSSR count). The average molecular weight is 897 g/mol. The van der Waals surface area contributed by atoms with Crippen molar-refractivity contribution in [2.24, 2.45) is 5.92 Å². The lowest BCUT2D eigenvalue weighted by Gasteiger charge is -2.49. The van der Waals surface area contributed by atoms with E-state index < -0.39 is 57.7 Å². The van der Waals surface area contributed by atoms with Crippen molar-refractivity contribution in [2.75, 3.05) is 40.6 Å². The molecule has 0 aromatic heterocycles.